The average Bonchev–Trinajstić information content (AvgIpc) is 1.88. The van der Waals surface area contributed by atoms with Crippen LogP contribution in [-0.4, -0.2) is 23.8 Å². The zero-order chi connectivity index (χ0) is 7.98. The Morgan fingerprint density at radius 3 is 2.70 bits per heavy atom. The van der Waals surface area contributed by atoms with E-state index >= 15 is 0 Å². The van der Waals surface area contributed by atoms with Crippen molar-refractivity contribution >= 4 is 5.97 Å². The van der Waals surface area contributed by atoms with Crippen LogP contribution in [0.5, 0.6) is 0 Å². The van der Waals surface area contributed by atoms with E-state index < -0.39 is 12.1 Å². The summed E-state index contributed by atoms with van der Waals surface area (Å²) in [6.07, 6.45) is 1.30. The highest BCUT2D eigenvalue weighted by Crippen LogP contribution is 1.94. The van der Waals surface area contributed by atoms with E-state index in [1.54, 1.807) is 0 Å². The largest absolute Gasteiger partial charge is 0.479 e. The molecule has 0 fully saturated rings. The predicted octanol–water partition coefficient (Wildman–Crippen LogP) is 1.28. The van der Waals surface area contributed by atoms with Gasteiger partial charge >= 0.3 is 5.97 Å². The molecule has 0 aliphatic carbocycles. The van der Waals surface area contributed by atoms with Gasteiger partial charge in [-0.25, -0.2) is 4.79 Å². The quantitative estimate of drug-likeness (QED) is 0.594. The number of unbranched alkanes of at least 4 members (excludes halogenated alkanes) is 1. The minimum Gasteiger partial charge on any atom is -0.479 e. The molecule has 0 aliphatic heterocycles. The van der Waals surface area contributed by atoms with E-state index in [-0.39, 0.29) is 0 Å². The van der Waals surface area contributed by atoms with Gasteiger partial charge in [0.05, 0.1) is 0 Å². The molecule has 1 atom stereocenters. The fourth-order valence-electron chi connectivity index (χ4n) is 0.476. The van der Waals surface area contributed by atoms with E-state index in [1.807, 2.05) is 6.92 Å². The van der Waals surface area contributed by atoms with Crippen molar-refractivity contribution in [1.82, 2.24) is 0 Å². The van der Waals surface area contributed by atoms with Crippen LogP contribution in [0.4, 0.5) is 0 Å². The highest BCUT2D eigenvalue weighted by molar-refractivity contribution is 5.71. The second-order valence-corrected chi connectivity index (χ2v) is 2.20. The van der Waals surface area contributed by atoms with Gasteiger partial charge in [0, 0.05) is 6.61 Å². The van der Waals surface area contributed by atoms with E-state index in [2.05, 4.69) is 0 Å². The molecule has 10 heavy (non-hydrogen) atoms. The molecule has 0 spiro atoms. The van der Waals surface area contributed by atoms with Gasteiger partial charge in [0.1, 0.15) is 0 Å². The number of hydrogen-bond acceptors (Lipinski definition) is 2. The molecule has 0 aliphatic rings. The topological polar surface area (TPSA) is 46.5 Å². The third-order valence-corrected chi connectivity index (χ3v) is 1.21. The van der Waals surface area contributed by atoms with Crippen LogP contribution in [0.1, 0.15) is 26.7 Å². The summed E-state index contributed by atoms with van der Waals surface area (Å²) in [5.74, 6) is -0.892. The Bertz CT molecular complexity index is 101. The maximum absolute atomic E-state index is 10.2. The summed E-state index contributed by atoms with van der Waals surface area (Å²) in [6, 6.07) is 0. The maximum atomic E-state index is 10.2. The van der Waals surface area contributed by atoms with Crippen molar-refractivity contribution in [3.63, 3.8) is 0 Å². The Morgan fingerprint density at radius 1 is 1.70 bits per heavy atom. The number of rotatable bonds is 5. The highest BCUT2D eigenvalue weighted by Gasteiger charge is 2.09. The van der Waals surface area contributed by atoms with Gasteiger partial charge < -0.3 is 9.84 Å². The second kappa shape index (κ2) is 5.23. The standard InChI is InChI=1S/C7H14O3/c1-3-4-5-10-6(2)7(8)9/h6H,3-5H2,1-2H3,(H,8,9)/t6-/m1/s1. The van der Waals surface area contributed by atoms with Crippen molar-refractivity contribution in [2.45, 2.75) is 32.8 Å². The van der Waals surface area contributed by atoms with Crippen molar-refractivity contribution in [3.05, 3.63) is 0 Å². The van der Waals surface area contributed by atoms with E-state index in [9.17, 15) is 4.79 Å². The fourth-order valence-corrected chi connectivity index (χ4v) is 0.476. The van der Waals surface area contributed by atoms with Crippen LogP contribution < -0.4 is 0 Å². The normalized spacial score (nSPS) is 13.0. The molecule has 0 bridgehead atoms. The van der Waals surface area contributed by atoms with Crippen LogP contribution >= 0.6 is 0 Å². The molecule has 0 saturated carbocycles. The Balaban J connectivity index is 3.21. The Hall–Kier alpha value is -0.570. The van der Waals surface area contributed by atoms with Gasteiger partial charge in [-0.3, -0.25) is 0 Å². The molecule has 0 saturated heterocycles. The van der Waals surface area contributed by atoms with Crippen LogP contribution in [0.2, 0.25) is 0 Å². The Morgan fingerprint density at radius 2 is 2.30 bits per heavy atom. The lowest BCUT2D eigenvalue weighted by atomic mass is 10.3. The lowest BCUT2D eigenvalue weighted by molar-refractivity contribution is -0.149. The minimum atomic E-state index is -0.892. The first-order chi connectivity index (χ1) is 4.68. The number of carbonyl (C=O) groups is 1. The third kappa shape index (κ3) is 4.32. The van der Waals surface area contributed by atoms with Crippen LogP contribution in [0, 0.1) is 0 Å². The fraction of sp³-hybridized carbons (Fsp3) is 0.857. The number of aliphatic carboxylic acids is 1. The zero-order valence-corrected chi connectivity index (χ0v) is 6.46. The summed E-state index contributed by atoms with van der Waals surface area (Å²) in [6.45, 7) is 4.12. The lowest BCUT2D eigenvalue weighted by Crippen LogP contribution is -2.20. The molecule has 3 heteroatoms. The molecule has 0 aromatic heterocycles. The molecule has 1 N–H and O–H groups in total. The molecule has 0 aromatic carbocycles. The van der Waals surface area contributed by atoms with Crippen molar-refractivity contribution < 1.29 is 14.6 Å². The molecule has 0 radical (unpaired) electrons. The molecule has 0 amide bonds. The smallest absolute Gasteiger partial charge is 0.332 e. The first kappa shape index (κ1) is 9.43. The van der Waals surface area contributed by atoms with E-state index in [1.165, 1.54) is 6.92 Å². The summed E-state index contributed by atoms with van der Waals surface area (Å²) in [4.78, 5) is 10.2. The van der Waals surface area contributed by atoms with Gasteiger partial charge in [0.15, 0.2) is 6.10 Å². The molecule has 0 heterocycles. The summed E-state index contributed by atoms with van der Waals surface area (Å²) >= 11 is 0. The molecule has 0 unspecified atom stereocenters. The van der Waals surface area contributed by atoms with Crippen LogP contribution in [-0.2, 0) is 9.53 Å². The predicted molar refractivity (Wildman–Crippen MR) is 38.0 cm³/mol. The maximum Gasteiger partial charge on any atom is 0.332 e. The first-order valence-electron chi connectivity index (χ1n) is 3.53. The SMILES string of the molecule is CCCCO[C@H](C)C(=O)O. The summed E-state index contributed by atoms with van der Waals surface area (Å²) in [5, 5.41) is 8.36. The monoisotopic (exact) mass is 146 g/mol. The van der Waals surface area contributed by atoms with Gasteiger partial charge in [0.25, 0.3) is 0 Å². The van der Waals surface area contributed by atoms with Crippen LogP contribution in [0.3, 0.4) is 0 Å². The van der Waals surface area contributed by atoms with Gasteiger partial charge in [-0.1, -0.05) is 13.3 Å². The van der Waals surface area contributed by atoms with Crippen molar-refractivity contribution in [1.29, 1.82) is 0 Å². The van der Waals surface area contributed by atoms with E-state index in [0.717, 1.165) is 12.8 Å². The molecule has 60 valence electrons. The molecular formula is C7H14O3. The van der Waals surface area contributed by atoms with E-state index in [4.69, 9.17) is 9.84 Å². The average molecular weight is 146 g/mol. The van der Waals surface area contributed by atoms with Gasteiger partial charge in [-0.05, 0) is 13.3 Å². The van der Waals surface area contributed by atoms with Gasteiger partial charge in [-0.15, -0.1) is 0 Å². The number of carboxylic acid groups (broad SMARTS) is 1. The van der Waals surface area contributed by atoms with Gasteiger partial charge in [0.2, 0.25) is 0 Å². The third-order valence-electron chi connectivity index (χ3n) is 1.21. The lowest BCUT2D eigenvalue weighted by Gasteiger charge is -2.06. The number of hydrogen-bond donors (Lipinski definition) is 1. The van der Waals surface area contributed by atoms with Crippen LogP contribution in [0.15, 0.2) is 0 Å². The zero-order valence-electron chi connectivity index (χ0n) is 6.46. The van der Waals surface area contributed by atoms with Crippen molar-refractivity contribution in [2.75, 3.05) is 6.61 Å². The van der Waals surface area contributed by atoms with E-state index in [0.29, 0.717) is 6.61 Å². The molecule has 0 rings (SSSR count). The number of carboxylic acids is 1. The second-order valence-electron chi connectivity index (χ2n) is 2.20. The Kier molecular flexibility index (Phi) is 4.94. The number of ether oxygens (including phenoxy) is 1. The van der Waals surface area contributed by atoms with Crippen molar-refractivity contribution in [2.24, 2.45) is 0 Å². The van der Waals surface area contributed by atoms with Crippen molar-refractivity contribution in [3.8, 4) is 0 Å². The summed E-state index contributed by atoms with van der Waals surface area (Å²) in [7, 11) is 0. The summed E-state index contributed by atoms with van der Waals surface area (Å²) < 4.78 is 4.94. The molecule has 3 nitrogen and oxygen atoms in total. The minimum absolute atomic E-state index is 0.546. The molecule has 0 aromatic rings. The first-order valence-corrected chi connectivity index (χ1v) is 3.53. The van der Waals surface area contributed by atoms with Crippen LogP contribution in [0.25, 0.3) is 0 Å². The van der Waals surface area contributed by atoms with Gasteiger partial charge in [-0.2, -0.15) is 0 Å². The summed E-state index contributed by atoms with van der Waals surface area (Å²) in [5.41, 5.74) is 0. The highest BCUT2D eigenvalue weighted by atomic mass is 16.5. The Labute approximate surface area is 61.0 Å². The molecular weight excluding hydrogens is 132 g/mol.